The Hall–Kier alpha value is -2.04. The lowest BCUT2D eigenvalue weighted by atomic mass is 10.1. The third-order valence-corrected chi connectivity index (χ3v) is 3.22. The largest absolute Gasteiger partial charge is 0.409 e. The lowest BCUT2D eigenvalue weighted by Crippen LogP contribution is -2.34. The van der Waals surface area contributed by atoms with Crippen molar-refractivity contribution in [1.29, 1.82) is 0 Å². The molecule has 5 nitrogen and oxygen atoms in total. The van der Waals surface area contributed by atoms with Crippen LogP contribution in [0.1, 0.15) is 35.7 Å². The van der Waals surface area contributed by atoms with Gasteiger partial charge in [-0.15, -0.1) is 0 Å². The van der Waals surface area contributed by atoms with Crippen LogP contribution in [-0.2, 0) is 0 Å². The van der Waals surface area contributed by atoms with E-state index in [-0.39, 0.29) is 17.8 Å². The number of benzene rings is 1. The van der Waals surface area contributed by atoms with Crippen LogP contribution in [0, 0.1) is 5.92 Å². The number of oxime groups is 1. The third-order valence-electron chi connectivity index (χ3n) is 3.22. The maximum absolute atomic E-state index is 12.0. The first-order chi connectivity index (χ1) is 8.61. The number of carbonyl (C=O) groups is 1. The molecule has 1 atom stereocenters. The van der Waals surface area contributed by atoms with E-state index in [9.17, 15) is 4.79 Å². The van der Waals surface area contributed by atoms with Crippen molar-refractivity contribution < 1.29 is 10.0 Å². The van der Waals surface area contributed by atoms with Crippen LogP contribution in [0.3, 0.4) is 0 Å². The summed E-state index contributed by atoms with van der Waals surface area (Å²) in [6.45, 7) is 2.02. The summed E-state index contributed by atoms with van der Waals surface area (Å²) in [6.07, 6.45) is 2.37. The molecule has 4 N–H and O–H groups in total. The summed E-state index contributed by atoms with van der Waals surface area (Å²) in [5, 5.41) is 14.5. The molecule has 1 unspecified atom stereocenters. The lowest BCUT2D eigenvalue weighted by Gasteiger charge is -2.13. The van der Waals surface area contributed by atoms with Gasteiger partial charge in [0.2, 0.25) is 0 Å². The smallest absolute Gasteiger partial charge is 0.251 e. The third kappa shape index (κ3) is 2.80. The van der Waals surface area contributed by atoms with E-state index in [1.165, 1.54) is 12.8 Å². The molecule has 0 spiro atoms. The van der Waals surface area contributed by atoms with Gasteiger partial charge in [0.15, 0.2) is 5.84 Å². The van der Waals surface area contributed by atoms with Crippen molar-refractivity contribution in [3.8, 4) is 0 Å². The molecule has 1 aromatic rings. The van der Waals surface area contributed by atoms with Crippen LogP contribution in [0.15, 0.2) is 29.4 Å². The van der Waals surface area contributed by atoms with Crippen LogP contribution in [0.5, 0.6) is 0 Å². The van der Waals surface area contributed by atoms with E-state index in [0.29, 0.717) is 17.0 Å². The monoisotopic (exact) mass is 247 g/mol. The second kappa shape index (κ2) is 5.08. The number of rotatable bonds is 4. The first-order valence-corrected chi connectivity index (χ1v) is 6.00. The fourth-order valence-electron chi connectivity index (χ4n) is 1.88. The predicted molar refractivity (Wildman–Crippen MR) is 68.6 cm³/mol. The summed E-state index contributed by atoms with van der Waals surface area (Å²) in [5.41, 5.74) is 6.54. The van der Waals surface area contributed by atoms with Gasteiger partial charge < -0.3 is 16.3 Å². The van der Waals surface area contributed by atoms with Crippen molar-refractivity contribution in [3.63, 3.8) is 0 Å². The van der Waals surface area contributed by atoms with Gasteiger partial charge in [-0.25, -0.2) is 0 Å². The number of nitrogens with two attached hydrogens (primary N) is 1. The highest BCUT2D eigenvalue weighted by Gasteiger charge is 2.29. The zero-order chi connectivity index (χ0) is 13.1. The SMILES string of the molecule is CC(NC(=O)c1cccc(/C(N)=N/O)c1)C1CC1. The summed E-state index contributed by atoms with van der Waals surface area (Å²) in [4.78, 5) is 12.0. The first kappa shape index (κ1) is 12.4. The van der Waals surface area contributed by atoms with Crippen molar-refractivity contribution >= 4 is 11.7 Å². The van der Waals surface area contributed by atoms with Crippen LogP contribution in [0.4, 0.5) is 0 Å². The van der Waals surface area contributed by atoms with E-state index in [4.69, 9.17) is 10.9 Å². The maximum Gasteiger partial charge on any atom is 0.251 e. The van der Waals surface area contributed by atoms with Gasteiger partial charge in [0.1, 0.15) is 0 Å². The second-order valence-electron chi connectivity index (χ2n) is 4.67. The summed E-state index contributed by atoms with van der Waals surface area (Å²) in [7, 11) is 0. The average Bonchev–Trinajstić information content (AvgIpc) is 3.22. The molecule has 2 rings (SSSR count). The number of amides is 1. The van der Waals surface area contributed by atoms with Crippen molar-refractivity contribution in [1.82, 2.24) is 5.32 Å². The van der Waals surface area contributed by atoms with Crippen LogP contribution < -0.4 is 11.1 Å². The summed E-state index contributed by atoms with van der Waals surface area (Å²) < 4.78 is 0. The fourth-order valence-corrected chi connectivity index (χ4v) is 1.88. The number of hydrogen-bond donors (Lipinski definition) is 3. The first-order valence-electron chi connectivity index (χ1n) is 6.00. The topological polar surface area (TPSA) is 87.7 Å². The molecule has 0 radical (unpaired) electrons. The Morgan fingerprint density at radius 1 is 1.50 bits per heavy atom. The number of hydrogen-bond acceptors (Lipinski definition) is 3. The Morgan fingerprint density at radius 2 is 2.17 bits per heavy atom. The van der Waals surface area contributed by atoms with Gasteiger partial charge in [0.25, 0.3) is 5.91 Å². The van der Waals surface area contributed by atoms with E-state index >= 15 is 0 Å². The van der Waals surface area contributed by atoms with Gasteiger partial charge in [0, 0.05) is 17.2 Å². The number of amidine groups is 1. The minimum absolute atomic E-state index is 0.000101. The average molecular weight is 247 g/mol. The van der Waals surface area contributed by atoms with Gasteiger partial charge in [-0.2, -0.15) is 0 Å². The number of nitrogens with one attached hydrogen (secondary N) is 1. The molecular weight excluding hydrogens is 230 g/mol. The van der Waals surface area contributed by atoms with Gasteiger partial charge in [-0.3, -0.25) is 4.79 Å². The van der Waals surface area contributed by atoms with Crippen LogP contribution >= 0.6 is 0 Å². The molecule has 5 heteroatoms. The van der Waals surface area contributed by atoms with Gasteiger partial charge >= 0.3 is 0 Å². The van der Waals surface area contributed by atoms with Crippen molar-refractivity contribution in [2.24, 2.45) is 16.8 Å². The quantitative estimate of drug-likeness (QED) is 0.324. The van der Waals surface area contributed by atoms with Gasteiger partial charge in [-0.05, 0) is 37.8 Å². The van der Waals surface area contributed by atoms with Crippen LogP contribution in [-0.4, -0.2) is 23.0 Å². The molecule has 1 aromatic carbocycles. The maximum atomic E-state index is 12.0. The Kier molecular flexibility index (Phi) is 3.50. The van der Waals surface area contributed by atoms with Gasteiger partial charge in [-0.1, -0.05) is 17.3 Å². The summed E-state index contributed by atoms with van der Waals surface area (Å²) in [6, 6.07) is 6.93. The highest BCUT2D eigenvalue weighted by atomic mass is 16.4. The highest BCUT2D eigenvalue weighted by molar-refractivity contribution is 6.01. The highest BCUT2D eigenvalue weighted by Crippen LogP contribution is 2.32. The zero-order valence-corrected chi connectivity index (χ0v) is 10.3. The Balaban J connectivity index is 2.09. The summed E-state index contributed by atoms with van der Waals surface area (Å²) >= 11 is 0. The normalized spacial score (nSPS) is 17.3. The lowest BCUT2D eigenvalue weighted by molar-refractivity contribution is 0.0936. The molecule has 0 aliphatic heterocycles. The van der Waals surface area contributed by atoms with E-state index in [0.717, 1.165) is 0 Å². The van der Waals surface area contributed by atoms with E-state index < -0.39 is 0 Å². The number of nitrogens with zero attached hydrogens (tertiary/aromatic N) is 1. The Bertz CT molecular complexity index is 481. The van der Waals surface area contributed by atoms with Crippen molar-refractivity contribution in [3.05, 3.63) is 35.4 Å². The molecule has 1 fully saturated rings. The van der Waals surface area contributed by atoms with E-state index in [1.807, 2.05) is 6.92 Å². The zero-order valence-electron chi connectivity index (χ0n) is 10.3. The minimum Gasteiger partial charge on any atom is -0.409 e. The Labute approximate surface area is 106 Å². The molecule has 0 saturated heterocycles. The standard InChI is InChI=1S/C13H17N3O2/c1-8(9-5-6-9)15-13(17)11-4-2-3-10(7-11)12(14)16-18/h2-4,7-9,18H,5-6H2,1H3,(H2,14,16)(H,15,17). The molecule has 18 heavy (non-hydrogen) atoms. The van der Waals surface area contributed by atoms with Crippen LogP contribution in [0.2, 0.25) is 0 Å². The number of carbonyl (C=O) groups excluding carboxylic acids is 1. The van der Waals surface area contributed by atoms with Crippen molar-refractivity contribution in [2.45, 2.75) is 25.8 Å². The van der Waals surface area contributed by atoms with Crippen molar-refractivity contribution in [2.75, 3.05) is 0 Å². The van der Waals surface area contributed by atoms with Crippen LogP contribution in [0.25, 0.3) is 0 Å². The molecule has 96 valence electrons. The molecule has 1 aliphatic rings. The van der Waals surface area contributed by atoms with E-state index in [2.05, 4.69) is 10.5 Å². The molecule has 0 aromatic heterocycles. The fraction of sp³-hybridized carbons (Fsp3) is 0.385. The molecule has 1 amide bonds. The predicted octanol–water partition coefficient (Wildman–Crippen LogP) is 1.31. The van der Waals surface area contributed by atoms with E-state index in [1.54, 1.807) is 24.3 Å². The second-order valence-corrected chi connectivity index (χ2v) is 4.67. The van der Waals surface area contributed by atoms with Gasteiger partial charge in [0.05, 0.1) is 0 Å². The molecule has 1 saturated carbocycles. The molecular formula is C13H17N3O2. The molecule has 0 heterocycles. The minimum atomic E-state index is -0.123. The Morgan fingerprint density at radius 3 is 2.78 bits per heavy atom. The molecule has 1 aliphatic carbocycles. The summed E-state index contributed by atoms with van der Waals surface area (Å²) in [5.74, 6) is 0.489. The molecule has 0 bridgehead atoms.